The molecule has 2 rings (SSSR count). The van der Waals surface area contributed by atoms with Gasteiger partial charge in [-0.15, -0.1) is 0 Å². The Morgan fingerprint density at radius 1 is 1.15 bits per heavy atom. The first-order valence-electron chi connectivity index (χ1n) is 7.41. The fraction of sp³-hybridized carbons (Fsp3) is 0.750. The molecular formula is C16H25NO3. The third kappa shape index (κ3) is 3.62. The maximum atomic E-state index is 12.4. The lowest BCUT2D eigenvalue weighted by Gasteiger charge is -2.26. The van der Waals surface area contributed by atoms with Gasteiger partial charge in [-0.2, -0.15) is 0 Å². The zero-order valence-electron chi connectivity index (χ0n) is 12.7. The Labute approximate surface area is 121 Å². The number of carbonyl (C=O) groups excluding carboxylic acids is 2. The second-order valence-corrected chi connectivity index (χ2v) is 6.86. The maximum absolute atomic E-state index is 12.4. The van der Waals surface area contributed by atoms with Gasteiger partial charge < -0.3 is 9.64 Å². The summed E-state index contributed by atoms with van der Waals surface area (Å²) < 4.78 is 4.70. The molecule has 2 aliphatic rings. The summed E-state index contributed by atoms with van der Waals surface area (Å²) in [5.41, 5.74) is -0.337. The van der Waals surface area contributed by atoms with Crippen LogP contribution in [0.2, 0.25) is 0 Å². The van der Waals surface area contributed by atoms with Crippen molar-refractivity contribution in [2.75, 3.05) is 20.2 Å². The van der Waals surface area contributed by atoms with Crippen LogP contribution >= 0.6 is 0 Å². The smallest absolute Gasteiger partial charge is 0.306 e. The highest BCUT2D eigenvalue weighted by atomic mass is 16.5. The highest BCUT2D eigenvalue weighted by molar-refractivity contribution is 5.78. The molecule has 0 radical (unpaired) electrons. The van der Waals surface area contributed by atoms with Gasteiger partial charge in [0.1, 0.15) is 0 Å². The Balaban J connectivity index is 1.88. The van der Waals surface area contributed by atoms with Crippen LogP contribution in [0.3, 0.4) is 0 Å². The molecule has 0 saturated carbocycles. The summed E-state index contributed by atoms with van der Waals surface area (Å²) >= 11 is 0. The zero-order valence-corrected chi connectivity index (χ0v) is 12.7. The topological polar surface area (TPSA) is 46.6 Å². The zero-order chi connectivity index (χ0) is 14.8. The molecule has 2 atom stereocenters. The standard InChI is InChI=1S/C16H25NO3/c1-16(2,9-15(19)20-3)8-14(18)17-10-12-6-4-5-7-13(12)11-17/h4-5,12-13H,6-11H2,1-3H3/t12-,13+. The van der Waals surface area contributed by atoms with Crippen LogP contribution < -0.4 is 0 Å². The number of ether oxygens (including phenoxy) is 1. The van der Waals surface area contributed by atoms with Crippen molar-refractivity contribution in [1.29, 1.82) is 0 Å². The van der Waals surface area contributed by atoms with Gasteiger partial charge in [-0.25, -0.2) is 0 Å². The van der Waals surface area contributed by atoms with Gasteiger partial charge in [0, 0.05) is 19.5 Å². The SMILES string of the molecule is COC(=O)CC(C)(C)CC(=O)N1C[C@H]2CC=CC[C@H]2C1. The summed E-state index contributed by atoms with van der Waals surface area (Å²) in [6.07, 6.45) is 7.36. The normalized spacial score (nSPS) is 25.4. The van der Waals surface area contributed by atoms with Crippen LogP contribution in [-0.2, 0) is 14.3 Å². The van der Waals surface area contributed by atoms with Gasteiger partial charge >= 0.3 is 5.97 Å². The Kier molecular flexibility index (Phi) is 4.51. The molecule has 0 N–H and O–H groups in total. The lowest BCUT2D eigenvalue weighted by atomic mass is 9.85. The number of fused-ring (bicyclic) bond motifs is 1. The molecule has 1 aliphatic carbocycles. The molecule has 0 aromatic rings. The van der Waals surface area contributed by atoms with Gasteiger partial charge in [-0.05, 0) is 30.1 Å². The predicted octanol–water partition coefficient (Wildman–Crippen LogP) is 2.39. The first kappa shape index (κ1) is 15.1. The van der Waals surface area contributed by atoms with E-state index in [9.17, 15) is 9.59 Å². The van der Waals surface area contributed by atoms with E-state index in [0.717, 1.165) is 25.9 Å². The van der Waals surface area contributed by atoms with Crippen molar-refractivity contribution in [2.45, 2.75) is 39.5 Å². The number of hydrogen-bond acceptors (Lipinski definition) is 3. The minimum absolute atomic E-state index is 0.174. The number of amides is 1. The summed E-state index contributed by atoms with van der Waals surface area (Å²) in [6.45, 7) is 5.66. The fourth-order valence-corrected chi connectivity index (χ4v) is 3.27. The molecule has 1 fully saturated rings. The Hall–Kier alpha value is -1.32. The number of methoxy groups -OCH3 is 1. The van der Waals surface area contributed by atoms with Crippen LogP contribution in [0.1, 0.15) is 39.5 Å². The van der Waals surface area contributed by atoms with Crippen LogP contribution in [0.4, 0.5) is 0 Å². The molecule has 112 valence electrons. The molecule has 4 nitrogen and oxygen atoms in total. The van der Waals surface area contributed by atoms with Crippen molar-refractivity contribution < 1.29 is 14.3 Å². The molecule has 0 aromatic carbocycles. The quantitative estimate of drug-likeness (QED) is 0.586. The van der Waals surface area contributed by atoms with Gasteiger partial charge in [0.2, 0.25) is 5.91 Å². The number of likely N-dealkylation sites (tertiary alicyclic amines) is 1. The number of rotatable bonds is 4. The molecule has 4 heteroatoms. The second kappa shape index (κ2) is 5.98. The lowest BCUT2D eigenvalue weighted by Crippen LogP contribution is -2.33. The lowest BCUT2D eigenvalue weighted by molar-refractivity contribution is -0.143. The van der Waals surface area contributed by atoms with E-state index < -0.39 is 0 Å². The van der Waals surface area contributed by atoms with Gasteiger partial charge in [0.15, 0.2) is 0 Å². The Bertz CT molecular complexity index is 398. The van der Waals surface area contributed by atoms with Crippen LogP contribution in [-0.4, -0.2) is 37.0 Å². The van der Waals surface area contributed by atoms with E-state index in [1.807, 2.05) is 18.7 Å². The third-order valence-electron chi connectivity index (χ3n) is 4.45. The third-order valence-corrected chi connectivity index (χ3v) is 4.45. The van der Waals surface area contributed by atoms with Gasteiger partial charge in [0.05, 0.1) is 13.5 Å². The molecule has 1 amide bonds. The van der Waals surface area contributed by atoms with Crippen molar-refractivity contribution in [1.82, 2.24) is 4.90 Å². The molecule has 0 bridgehead atoms. The van der Waals surface area contributed by atoms with Crippen molar-refractivity contribution in [3.63, 3.8) is 0 Å². The first-order valence-corrected chi connectivity index (χ1v) is 7.41. The summed E-state index contributed by atoms with van der Waals surface area (Å²) in [6, 6.07) is 0. The average molecular weight is 279 g/mol. The number of esters is 1. The second-order valence-electron chi connectivity index (χ2n) is 6.86. The molecule has 0 unspecified atom stereocenters. The van der Waals surface area contributed by atoms with E-state index in [4.69, 9.17) is 4.74 Å². The van der Waals surface area contributed by atoms with E-state index in [-0.39, 0.29) is 23.7 Å². The molecule has 1 saturated heterocycles. The number of carbonyl (C=O) groups is 2. The van der Waals surface area contributed by atoms with Crippen LogP contribution in [0.25, 0.3) is 0 Å². The molecule has 0 aromatic heterocycles. The molecule has 1 heterocycles. The number of hydrogen-bond donors (Lipinski definition) is 0. The van der Waals surface area contributed by atoms with Gasteiger partial charge in [-0.3, -0.25) is 9.59 Å². The number of nitrogens with zero attached hydrogens (tertiary/aromatic N) is 1. The summed E-state index contributed by atoms with van der Waals surface area (Å²) in [5.74, 6) is 1.19. The minimum atomic E-state index is -0.337. The maximum Gasteiger partial charge on any atom is 0.306 e. The molecular weight excluding hydrogens is 254 g/mol. The highest BCUT2D eigenvalue weighted by Crippen LogP contribution is 2.34. The predicted molar refractivity (Wildman–Crippen MR) is 77.0 cm³/mol. The highest BCUT2D eigenvalue weighted by Gasteiger charge is 2.37. The Morgan fingerprint density at radius 2 is 1.70 bits per heavy atom. The van der Waals surface area contributed by atoms with Gasteiger partial charge in [-0.1, -0.05) is 26.0 Å². The van der Waals surface area contributed by atoms with Crippen LogP contribution in [0.5, 0.6) is 0 Å². The van der Waals surface area contributed by atoms with E-state index in [0.29, 0.717) is 18.3 Å². The summed E-state index contributed by atoms with van der Waals surface area (Å²) in [4.78, 5) is 25.8. The van der Waals surface area contributed by atoms with Crippen molar-refractivity contribution in [2.24, 2.45) is 17.3 Å². The van der Waals surface area contributed by atoms with Crippen molar-refractivity contribution >= 4 is 11.9 Å². The van der Waals surface area contributed by atoms with Crippen LogP contribution in [0.15, 0.2) is 12.2 Å². The Morgan fingerprint density at radius 3 is 2.20 bits per heavy atom. The van der Waals surface area contributed by atoms with E-state index >= 15 is 0 Å². The number of allylic oxidation sites excluding steroid dienone is 2. The summed E-state index contributed by atoms with van der Waals surface area (Å²) in [5, 5.41) is 0. The van der Waals surface area contributed by atoms with E-state index in [1.54, 1.807) is 0 Å². The van der Waals surface area contributed by atoms with E-state index in [1.165, 1.54) is 7.11 Å². The van der Waals surface area contributed by atoms with Crippen molar-refractivity contribution in [3.8, 4) is 0 Å². The first-order chi connectivity index (χ1) is 9.41. The molecule has 20 heavy (non-hydrogen) atoms. The van der Waals surface area contributed by atoms with Crippen molar-refractivity contribution in [3.05, 3.63) is 12.2 Å². The van der Waals surface area contributed by atoms with Crippen LogP contribution in [0, 0.1) is 17.3 Å². The molecule has 0 spiro atoms. The average Bonchev–Trinajstić information content (AvgIpc) is 2.81. The largest absolute Gasteiger partial charge is 0.469 e. The minimum Gasteiger partial charge on any atom is -0.469 e. The van der Waals surface area contributed by atoms with E-state index in [2.05, 4.69) is 12.2 Å². The molecule has 1 aliphatic heterocycles. The monoisotopic (exact) mass is 279 g/mol. The van der Waals surface area contributed by atoms with Gasteiger partial charge in [0.25, 0.3) is 0 Å². The summed E-state index contributed by atoms with van der Waals surface area (Å²) in [7, 11) is 1.39. The fourth-order valence-electron chi connectivity index (χ4n) is 3.27.